The summed E-state index contributed by atoms with van der Waals surface area (Å²) in [6, 6.07) is 7.91. The SMILES string of the molecule is CCOc1ccc(CN(C)c2nc3c(cnn3C(C)(C)C)c(=O)[nH]2)cc1. The van der Waals surface area contributed by atoms with Crippen LogP contribution in [0.25, 0.3) is 11.0 Å². The molecule has 1 N–H and O–H groups in total. The molecule has 0 saturated carbocycles. The normalized spacial score (nSPS) is 11.7. The molecule has 0 spiro atoms. The summed E-state index contributed by atoms with van der Waals surface area (Å²) >= 11 is 0. The molecule has 7 heteroatoms. The molecule has 0 radical (unpaired) electrons. The molecular formula is C19H25N5O2. The number of nitrogens with zero attached hydrogens (tertiary/aromatic N) is 4. The number of anilines is 1. The zero-order valence-corrected chi connectivity index (χ0v) is 15.9. The minimum Gasteiger partial charge on any atom is -0.494 e. The van der Waals surface area contributed by atoms with Gasteiger partial charge in [-0.3, -0.25) is 9.78 Å². The van der Waals surface area contributed by atoms with Crippen molar-refractivity contribution in [1.82, 2.24) is 19.7 Å². The lowest BCUT2D eigenvalue weighted by molar-refractivity contribution is 0.340. The van der Waals surface area contributed by atoms with Crippen LogP contribution in [0.15, 0.2) is 35.3 Å². The number of benzene rings is 1. The predicted octanol–water partition coefficient (Wildman–Crippen LogP) is 2.91. The Morgan fingerprint density at radius 2 is 1.92 bits per heavy atom. The molecule has 7 nitrogen and oxygen atoms in total. The van der Waals surface area contributed by atoms with Crippen LogP contribution in [-0.4, -0.2) is 33.4 Å². The average molecular weight is 355 g/mol. The minimum atomic E-state index is -0.256. The van der Waals surface area contributed by atoms with E-state index >= 15 is 0 Å². The lowest BCUT2D eigenvalue weighted by atomic mass is 10.1. The Hall–Kier alpha value is -2.83. The van der Waals surface area contributed by atoms with E-state index in [0.717, 1.165) is 11.3 Å². The van der Waals surface area contributed by atoms with Crippen molar-refractivity contribution in [2.24, 2.45) is 0 Å². The highest BCUT2D eigenvalue weighted by Gasteiger charge is 2.20. The highest BCUT2D eigenvalue weighted by molar-refractivity contribution is 5.74. The Morgan fingerprint density at radius 1 is 1.23 bits per heavy atom. The summed E-state index contributed by atoms with van der Waals surface area (Å²) in [5.74, 6) is 1.36. The van der Waals surface area contributed by atoms with Gasteiger partial charge in [-0.2, -0.15) is 10.1 Å². The number of H-pyrrole nitrogens is 1. The number of aromatic nitrogens is 4. The van der Waals surface area contributed by atoms with E-state index in [0.29, 0.717) is 30.1 Å². The quantitative estimate of drug-likeness (QED) is 0.761. The Kier molecular flexibility index (Phi) is 4.71. The van der Waals surface area contributed by atoms with Crippen LogP contribution in [0.2, 0.25) is 0 Å². The number of rotatable bonds is 5. The van der Waals surface area contributed by atoms with E-state index in [1.165, 1.54) is 0 Å². The van der Waals surface area contributed by atoms with Gasteiger partial charge in [0, 0.05) is 13.6 Å². The van der Waals surface area contributed by atoms with E-state index in [4.69, 9.17) is 4.74 Å². The first-order chi connectivity index (χ1) is 12.3. The molecule has 0 saturated heterocycles. The summed E-state index contributed by atoms with van der Waals surface area (Å²) in [5.41, 5.74) is 1.25. The fourth-order valence-electron chi connectivity index (χ4n) is 2.79. The number of hydrogen-bond acceptors (Lipinski definition) is 5. The topological polar surface area (TPSA) is 76.0 Å². The molecule has 0 amide bonds. The molecule has 0 atom stereocenters. The number of fused-ring (bicyclic) bond motifs is 1. The van der Waals surface area contributed by atoms with Gasteiger partial charge < -0.3 is 9.64 Å². The molecule has 2 heterocycles. The van der Waals surface area contributed by atoms with Crippen LogP contribution in [0.3, 0.4) is 0 Å². The summed E-state index contributed by atoms with van der Waals surface area (Å²) in [4.78, 5) is 21.8. The number of ether oxygens (including phenoxy) is 1. The summed E-state index contributed by atoms with van der Waals surface area (Å²) < 4.78 is 7.25. The molecule has 0 aliphatic rings. The first-order valence-electron chi connectivity index (χ1n) is 8.71. The monoisotopic (exact) mass is 355 g/mol. The average Bonchev–Trinajstić information content (AvgIpc) is 3.01. The van der Waals surface area contributed by atoms with Gasteiger partial charge in [0.2, 0.25) is 5.95 Å². The standard InChI is InChI=1S/C19H25N5O2/c1-6-26-14-9-7-13(8-10-14)12-23(5)18-21-16-15(17(25)22-18)11-20-24(16)19(2,3)4/h7-11H,6,12H2,1-5H3,(H,21,22,25). The highest BCUT2D eigenvalue weighted by atomic mass is 16.5. The van der Waals surface area contributed by atoms with Crippen LogP contribution in [0.4, 0.5) is 5.95 Å². The van der Waals surface area contributed by atoms with Gasteiger partial charge in [0.15, 0.2) is 5.65 Å². The van der Waals surface area contributed by atoms with E-state index in [9.17, 15) is 4.79 Å². The fourth-order valence-corrected chi connectivity index (χ4v) is 2.79. The second-order valence-electron chi connectivity index (χ2n) is 7.29. The first-order valence-corrected chi connectivity index (χ1v) is 8.71. The molecule has 3 rings (SSSR count). The van der Waals surface area contributed by atoms with E-state index in [2.05, 4.69) is 15.1 Å². The van der Waals surface area contributed by atoms with Crippen molar-refractivity contribution in [1.29, 1.82) is 0 Å². The maximum absolute atomic E-state index is 12.4. The van der Waals surface area contributed by atoms with Crippen molar-refractivity contribution in [2.75, 3.05) is 18.6 Å². The Balaban J connectivity index is 1.90. The van der Waals surface area contributed by atoms with Gasteiger partial charge in [0.25, 0.3) is 5.56 Å². The molecule has 0 aliphatic carbocycles. The van der Waals surface area contributed by atoms with Crippen LogP contribution in [0.1, 0.15) is 33.3 Å². The molecule has 2 aromatic heterocycles. The molecule has 0 unspecified atom stereocenters. The zero-order chi connectivity index (χ0) is 18.9. The van der Waals surface area contributed by atoms with Crippen LogP contribution in [0.5, 0.6) is 5.75 Å². The van der Waals surface area contributed by atoms with Crippen LogP contribution in [0, 0.1) is 0 Å². The molecular weight excluding hydrogens is 330 g/mol. The van der Waals surface area contributed by atoms with Crippen molar-refractivity contribution >= 4 is 17.0 Å². The number of aromatic amines is 1. The van der Waals surface area contributed by atoms with E-state index < -0.39 is 0 Å². The summed E-state index contributed by atoms with van der Waals surface area (Å²) in [7, 11) is 1.90. The van der Waals surface area contributed by atoms with Crippen LogP contribution >= 0.6 is 0 Å². The number of hydrogen-bond donors (Lipinski definition) is 1. The number of nitrogens with one attached hydrogen (secondary N) is 1. The van der Waals surface area contributed by atoms with Gasteiger partial charge in [-0.25, -0.2) is 4.68 Å². The Morgan fingerprint density at radius 3 is 2.54 bits per heavy atom. The van der Waals surface area contributed by atoms with Gasteiger partial charge in [0.05, 0.1) is 18.3 Å². The maximum atomic E-state index is 12.4. The third-order valence-corrected chi connectivity index (χ3v) is 4.08. The lowest BCUT2D eigenvalue weighted by Crippen LogP contribution is -2.26. The van der Waals surface area contributed by atoms with Crippen molar-refractivity contribution in [3.63, 3.8) is 0 Å². The minimum absolute atomic E-state index is 0.181. The lowest BCUT2D eigenvalue weighted by Gasteiger charge is -2.21. The second-order valence-corrected chi connectivity index (χ2v) is 7.29. The zero-order valence-electron chi connectivity index (χ0n) is 15.9. The van der Waals surface area contributed by atoms with Gasteiger partial charge in [-0.15, -0.1) is 0 Å². The van der Waals surface area contributed by atoms with Crippen LogP contribution < -0.4 is 15.2 Å². The molecule has 3 aromatic rings. The van der Waals surface area contributed by atoms with Crippen LogP contribution in [-0.2, 0) is 12.1 Å². The Bertz CT molecular complexity index is 951. The predicted molar refractivity (Wildman–Crippen MR) is 103 cm³/mol. The third kappa shape index (κ3) is 3.56. The highest BCUT2D eigenvalue weighted by Crippen LogP contribution is 2.20. The molecule has 0 aliphatic heterocycles. The van der Waals surface area contributed by atoms with Gasteiger partial charge in [-0.1, -0.05) is 12.1 Å². The van der Waals surface area contributed by atoms with E-state index in [1.807, 2.05) is 63.9 Å². The Labute approximate surface area is 152 Å². The van der Waals surface area contributed by atoms with Gasteiger partial charge in [0.1, 0.15) is 11.1 Å². The van der Waals surface area contributed by atoms with E-state index in [-0.39, 0.29) is 11.1 Å². The molecule has 26 heavy (non-hydrogen) atoms. The van der Waals surface area contributed by atoms with Crippen molar-refractivity contribution in [2.45, 2.75) is 39.8 Å². The maximum Gasteiger partial charge on any atom is 0.263 e. The summed E-state index contributed by atoms with van der Waals surface area (Å²) in [5, 5.41) is 4.84. The summed E-state index contributed by atoms with van der Waals surface area (Å²) in [6.45, 7) is 9.32. The fraction of sp³-hybridized carbons (Fsp3) is 0.421. The second kappa shape index (κ2) is 6.82. The third-order valence-electron chi connectivity index (χ3n) is 4.08. The van der Waals surface area contributed by atoms with Crippen molar-refractivity contribution < 1.29 is 4.74 Å². The van der Waals surface area contributed by atoms with E-state index in [1.54, 1.807) is 10.9 Å². The molecule has 138 valence electrons. The molecule has 1 aromatic carbocycles. The molecule has 0 fully saturated rings. The first kappa shape index (κ1) is 18.0. The van der Waals surface area contributed by atoms with Gasteiger partial charge in [-0.05, 0) is 45.4 Å². The van der Waals surface area contributed by atoms with Crippen molar-refractivity contribution in [3.05, 3.63) is 46.4 Å². The van der Waals surface area contributed by atoms with Crippen molar-refractivity contribution in [3.8, 4) is 5.75 Å². The van der Waals surface area contributed by atoms with Gasteiger partial charge >= 0.3 is 0 Å². The molecule has 0 bridgehead atoms. The smallest absolute Gasteiger partial charge is 0.263 e. The summed E-state index contributed by atoms with van der Waals surface area (Å²) in [6.07, 6.45) is 1.57. The largest absolute Gasteiger partial charge is 0.494 e.